The summed E-state index contributed by atoms with van der Waals surface area (Å²) in [4.78, 5) is 24.6. The number of carbonyl (C=O) groups excluding carboxylic acids is 2. The Morgan fingerprint density at radius 3 is 3.05 bits per heavy atom. The summed E-state index contributed by atoms with van der Waals surface area (Å²) >= 11 is 7.72. The number of aromatic nitrogens is 3. The van der Waals surface area contributed by atoms with E-state index in [9.17, 15) is 9.59 Å². The molecule has 0 spiro atoms. The van der Waals surface area contributed by atoms with Gasteiger partial charge in [0.15, 0.2) is 5.16 Å². The molecule has 2 heterocycles. The van der Waals surface area contributed by atoms with E-state index < -0.39 is 0 Å². The summed E-state index contributed by atoms with van der Waals surface area (Å²) in [6, 6.07) is 0. The fourth-order valence-electron chi connectivity index (χ4n) is 1.49. The third-order valence-electron chi connectivity index (χ3n) is 2.50. The Kier molecular flexibility index (Phi) is 5.38. The zero-order chi connectivity index (χ0) is 14.5. The minimum absolute atomic E-state index is 0.00251. The molecule has 1 N–H and O–H groups in total. The molecule has 0 aromatic carbocycles. The molecule has 0 bridgehead atoms. The predicted octanol–water partition coefficient (Wildman–Crippen LogP) is -0.116. The monoisotopic (exact) mass is 331 g/mol. The maximum atomic E-state index is 11.7. The Morgan fingerprint density at radius 1 is 1.65 bits per heavy atom. The summed E-state index contributed by atoms with van der Waals surface area (Å²) in [5.41, 5.74) is 0. The van der Waals surface area contributed by atoms with Crippen LogP contribution in [0.1, 0.15) is 0 Å². The molecule has 1 aliphatic heterocycles. The van der Waals surface area contributed by atoms with Crippen molar-refractivity contribution >= 4 is 51.9 Å². The Bertz CT molecular complexity index is 517. The van der Waals surface area contributed by atoms with Crippen LogP contribution in [0.3, 0.4) is 0 Å². The van der Waals surface area contributed by atoms with E-state index in [1.165, 1.54) is 28.4 Å². The van der Waals surface area contributed by atoms with Crippen molar-refractivity contribution in [2.75, 3.05) is 24.6 Å². The van der Waals surface area contributed by atoms with Gasteiger partial charge in [-0.1, -0.05) is 35.7 Å². The second-order valence-electron chi connectivity index (χ2n) is 3.96. The van der Waals surface area contributed by atoms with Gasteiger partial charge in [0.25, 0.3) is 0 Å². The minimum atomic E-state index is -0.108. The maximum Gasteiger partial charge on any atom is 0.238 e. The van der Waals surface area contributed by atoms with E-state index in [1.54, 1.807) is 10.9 Å². The van der Waals surface area contributed by atoms with Crippen molar-refractivity contribution in [2.45, 2.75) is 5.16 Å². The molecule has 0 radical (unpaired) electrons. The predicted molar refractivity (Wildman–Crippen MR) is 81.5 cm³/mol. The molecule has 20 heavy (non-hydrogen) atoms. The molecule has 7 nitrogen and oxygen atoms in total. The highest BCUT2D eigenvalue weighted by atomic mass is 32.2. The first-order valence-electron chi connectivity index (χ1n) is 5.78. The molecule has 1 saturated heterocycles. The highest BCUT2D eigenvalue weighted by Gasteiger charge is 2.25. The first-order chi connectivity index (χ1) is 9.58. The third kappa shape index (κ3) is 3.93. The van der Waals surface area contributed by atoms with Crippen molar-refractivity contribution in [1.29, 1.82) is 0 Å². The quantitative estimate of drug-likeness (QED) is 0.575. The van der Waals surface area contributed by atoms with Crippen LogP contribution < -0.4 is 5.32 Å². The van der Waals surface area contributed by atoms with Crippen LogP contribution in [0.2, 0.25) is 0 Å². The van der Waals surface area contributed by atoms with Gasteiger partial charge in [-0.25, -0.2) is 0 Å². The first-order valence-corrected chi connectivity index (χ1v) is 8.16. The summed E-state index contributed by atoms with van der Waals surface area (Å²) in [6.45, 7) is 0.815. The average molecular weight is 331 g/mol. The van der Waals surface area contributed by atoms with E-state index in [0.29, 0.717) is 28.3 Å². The van der Waals surface area contributed by atoms with Gasteiger partial charge in [-0.2, -0.15) is 0 Å². The lowest BCUT2D eigenvalue weighted by Crippen LogP contribution is -2.37. The molecular formula is C10H13N5O2S3. The Balaban J connectivity index is 1.67. The number of thiocarbonyl (C=S) groups is 1. The second-order valence-corrected chi connectivity index (χ2v) is 6.51. The number of nitrogens with one attached hydrogen (secondary N) is 1. The van der Waals surface area contributed by atoms with Crippen molar-refractivity contribution < 1.29 is 9.59 Å². The van der Waals surface area contributed by atoms with Gasteiger partial charge in [0, 0.05) is 20.1 Å². The van der Waals surface area contributed by atoms with Crippen LogP contribution in [0.15, 0.2) is 11.5 Å². The molecule has 1 aromatic rings. The first kappa shape index (κ1) is 15.3. The van der Waals surface area contributed by atoms with Crippen LogP contribution in [-0.4, -0.2) is 60.4 Å². The fourth-order valence-corrected chi connectivity index (χ4v) is 3.33. The van der Waals surface area contributed by atoms with Gasteiger partial charge in [-0.05, 0) is 0 Å². The van der Waals surface area contributed by atoms with Crippen LogP contribution in [0.4, 0.5) is 0 Å². The van der Waals surface area contributed by atoms with E-state index in [2.05, 4.69) is 15.5 Å². The summed E-state index contributed by atoms with van der Waals surface area (Å²) in [6.07, 6.45) is 1.58. The molecule has 108 valence electrons. The highest BCUT2D eigenvalue weighted by molar-refractivity contribution is 8.23. The van der Waals surface area contributed by atoms with E-state index >= 15 is 0 Å². The largest absolute Gasteiger partial charge is 0.354 e. The maximum absolute atomic E-state index is 11.7. The zero-order valence-corrected chi connectivity index (χ0v) is 13.2. The Morgan fingerprint density at radius 2 is 2.45 bits per heavy atom. The molecular weight excluding hydrogens is 318 g/mol. The minimum Gasteiger partial charge on any atom is -0.354 e. The van der Waals surface area contributed by atoms with E-state index in [0.717, 1.165) is 0 Å². The number of nitrogens with zero attached hydrogens (tertiary/aromatic N) is 4. The van der Waals surface area contributed by atoms with Crippen molar-refractivity contribution in [3.63, 3.8) is 0 Å². The standard InChI is InChI=1S/C10H13N5O2S3/c1-14-6-12-13-9(14)19-4-7(16)11-2-3-15-8(17)5-20-10(15)18/h6H,2-5H2,1H3,(H,11,16). The molecule has 0 unspecified atom stereocenters. The molecule has 1 aromatic heterocycles. The van der Waals surface area contributed by atoms with Gasteiger partial charge in [0.05, 0.1) is 11.5 Å². The summed E-state index contributed by atoms with van der Waals surface area (Å²) in [5.74, 6) is 0.556. The molecule has 2 rings (SSSR count). The lowest BCUT2D eigenvalue weighted by atomic mass is 10.5. The number of amides is 2. The van der Waals surface area contributed by atoms with Crippen LogP contribution in [-0.2, 0) is 16.6 Å². The molecule has 0 aliphatic carbocycles. The number of hydrogen-bond acceptors (Lipinski definition) is 7. The molecule has 10 heteroatoms. The van der Waals surface area contributed by atoms with Crippen molar-refractivity contribution in [3.05, 3.63) is 6.33 Å². The number of aryl methyl sites for hydroxylation is 1. The van der Waals surface area contributed by atoms with Crippen molar-refractivity contribution in [2.24, 2.45) is 7.05 Å². The smallest absolute Gasteiger partial charge is 0.238 e. The summed E-state index contributed by atoms with van der Waals surface area (Å²) in [7, 11) is 1.82. The Hall–Kier alpha value is -1.13. The molecule has 0 saturated carbocycles. The van der Waals surface area contributed by atoms with Crippen LogP contribution in [0.5, 0.6) is 0 Å². The SMILES string of the molecule is Cn1cnnc1SCC(=O)NCCN1C(=O)CSC1=S. The summed E-state index contributed by atoms with van der Waals surface area (Å²) < 4.78 is 2.33. The second kappa shape index (κ2) is 7.04. The number of carbonyl (C=O) groups is 2. The zero-order valence-electron chi connectivity index (χ0n) is 10.7. The van der Waals surface area contributed by atoms with E-state index in [-0.39, 0.29) is 17.6 Å². The number of hydrogen-bond donors (Lipinski definition) is 1. The lowest BCUT2D eigenvalue weighted by molar-refractivity contribution is -0.124. The number of thioether (sulfide) groups is 2. The number of rotatable bonds is 6. The van der Waals surface area contributed by atoms with Crippen LogP contribution in [0, 0.1) is 0 Å². The lowest BCUT2D eigenvalue weighted by Gasteiger charge is -2.14. The normalized spacial score (nSPS) is 14.9. The van der Waals surface area contributed by atoms with Crippen LogP contribution in [0.25, 0.3) is 0 Å². The molecule has 1 fully saturated rings. The topological polar surface area (TPSA) is 80.1 Å². The molecule has 0 atom stereocenters. The summed E-state index contributed by atoms with van der Waals surface area (Å²) in [5, 5.41) is 11.0. The third-order valence-corrected chi connectivity index (χ3v) is 4.97. The van der Waals surface area contributed by atoms with Crippen molar-refractivity contribution in [3.8, 4) is 0 Å². The molecule has 1 aliphatic rings. The van der Waals surface area contributed by atoms with Crippen molar-refractivity contribution in [1.82, 2.24) is 25.0 Å². The van der Waals surface area contributed by atoms with Crippen LogP contribution >= 0.6 is 35.7 Å². The van der Waals surface area contributed by atoms with Gasteiger partial charge in [0.2, 0.25) is 11.8 Å². The van der Waals surface area contributed by atoms with Gasteiger partial charge < -0.3 is 9.88 Å². The van der Waals surface area contributed by atoms with Gasteiger partial charge in [-0.15, -0.1) is 10.2 Å². The highest BCUT2D eigenvalue weighted by Crippen LogP contribution is 2.18. The van der Waals surface area contributed by atoms with E-state index in [4.69, 9.17) is 12.2 Å². The average Bonchev–Trinajstić information content (AvgIpc) is 2.96. The van der Waals surface area contributed by atoms with Gasteiger partial charge >= 0.3 is 0 Å². The van der Waals surface area contributed by atoms with Gasteiger partial charge in [-0.3, -0.25) is 14.5 Å². The Labute approximate surface area is 129 Å². The van der Waals surface area contributed by atoms with E-state index in [1.807, 2.05) is 7.05 Å². The van der Waals surface area contributed by atoms with Gasteiger partial charge in [0.1, 0.15) is 10.6 Å². The molecule has 2 amide bonds. The fraction of sp³-hybridized carbons (Fsp3) is 0.500.